The standard InChI is InChI=1S/C26H27N3O8S/c1-17-5-7-19(14-21(17)28-25(31)23-4-3-11-36-23)26(32)37-16-24(30)27-22-15-20(8-6-18(22)2)38(33,34)29-9-12-35-13-10-29/h3-8,11,14-15H,9-10,12-13,16H2,1-2H3,(H,27,30)(H,28,31). The molecule has 0 spiro atoms. The number of furan rings is 1. The lowest BCUT2D eigenvalue weighted by Crippen LogP contribution is -2.40. The third kappa shape index (κ3) is 6.28. The summed E-state index contributed by atoms with van der Waals surface area (Å²) in [6.45, 7) is 4.02. The fourth-order valence-corrected chi connectivity index (χ4v) is 5.14. The van der Waals surface area contributed by atoms with Gasteiger partial charge in [-0.1, -0.05) is 12.1 Å². The number of ether oxygens (including phenoxy) is 2. The zero-order valence-electron chi connectivity index (χ0n) is 20.9. The molecule has 4 rings (SSSR count). The molecule has 2 N–H and O–H groups in total. The molecule has 1 aliphatic heterocycles. The topological polar surface area (TPSA) is 144 Å². The van der Waals surface area contributed by atoms with E-state index in [9.17, 15) is 22.8 Å². The van der Waals surface area contributed by atoms with Gasteiger partial charge in [-0.3, -0.25) is 9.59 Å². The van der Waals surface area contributed by atoms with Crippen molar-refractivity contribution in [2.75, 3.05) is 43.5 Å². The van der Waals surface area contributed by atoms with Crippen LogP contribution in [-0.4, -0.2) is 63.4 Å². The smallest absolute Gasteiger partial charge is 0.338 e. The number of morpholine rings is 1. The van der Waals surface area contributed by atoms with Gasteiger partial charge in [-0.2, -0.15) is 4.31 Å². The van der Waals surface area contributed by atoms with E-state index in [1.165, 1.54) is 40.9 Å². The van der Waals surface area contributed by atoms with Gasteiger partial charge in [-0.15, -0.1) is 0 Å². The average Bonchev–Trinajstić information content (AvgIpc) is 3.45. The Morgan fingerprint density at radius 2 is 1.63 bits per heavy atom. The van der Waals surface area contributed by atoms with Gasteiger partial charge in [0, 0.05) is 24.5 Å². The van der Waals surface area contributed by atoms with E-state index in [4.69, 9.17) is 13.9 Å². The van der Waals surface area contributed by atoms with Crippen molar-refractivity contribution in [2.45, 2.75) is 18.7 Å². The van der Waals surface area contributed by atoms with Crippen LogP contribution in [-0.2, 0) is 24.3 Å². The van der Waals surface area contributed by atoms with Gasteiger partial charge < -0.3 is 24.5 Å². The highest BCUT2D eigenvalue weighted by Gasteiger charge is 2.27. The third-order valence-corrected chi connectivity index (χ3v) is 7.79. The maximum atomic E-state index is 13.0. The first-order chi connectivity index (χ1) is 18.1. The minimum atomic E-state index is -3.75. The fraction of sp³-hybridized carbons (Fsp3) is 0.269. The average molecular weight is 542 g/mol. The molecule has 0 saturated carbocycles. The highest BCUT2D eigenvalue weighted by molar-refractivity contribution is 7.89. The van der Waals surface area contributed by atoms with Gasteiger partial charge in [0.05, 0.1) is 29.9 Å². The first-order valence-corrected chi connectivity index (χ1v) is 13.2. The molecule has 0 aliphatic carbocycles. The summed E-state index contributed by atoms with van der Waals surface area (Å²) in [5, 5.41) is 5.28. The molecule has 1 aliphatic rings. The first kappa shape index (κ1) is 27.0. The number of hydrogen-bond acceptors (Lipinski definition) is 8. The van der Waals surface area contributed by atoms with Gasteiger partial charge in [-0.25, -0.2) is 13.2 Å². The summed E-state index contributed by atoms with van der Waals surface area (Å²) >= 11 is 0. The number of carbonyl (C=O) groups excluding carboxylic acids is 3. The molecule has 0 unspecified atom stereocenters. The van der Waals surface area contributed by atoms with Gasteiger partial charge >= 0.3 is 5.97 Å². The molecule has 200 valence electrons. The molecule has 2 aromatic carbocycles. The molecular formula is C26H27N3O8S. The number of aryl methyl sites for hydroxylation is 2. The van der Waals surface area contributed by atoms with Crippen molar-refractivity contribution in [3.8, 4) is 0 Å². The quantitative estimate of drug-likeness (QED) is 0.414. The molecule has 0 bridgehead atoms. The van der Waals surface area contributed by atoms with E-state index in [2.05, 4.69) is 10.6 Å². The molecule has 1 fully saturated rings. The third-order valence-electron chi connectivity index (χ3n) is 5.89. The van der Waals surface area contributed by atoms with Crippen molar-refractivity contribution >= 4 is 39.2 Å². The number of nitrogens with one attached hydrogen (secondary N) is 2. The van der Waals surface area contributed by atoms with Crippen LogP contribution in [0.1, 0.15) is 32.0 Å². The lowest BCUT2D eigenvalue weighted by Gasteiger charge is -2.26. The SMILES string of the molecule is Cc1ccc(S(=O)(=O)N2CCOCC2)cc1NC(=O)COC(=O)c1ccc(C)c(NC(=O)c2ccco2)c1. The molecule has 11 nitrogen and oxygen atoms in total. The molecule has 38 heavy (non-hydrogen) atoms. The number of hydrogen-bond donors (Lipinski definition) is 2. The van der Waals surface area contributed by atoms with Crippen LogP contribution < -0.4 is 10.6 Å². The summed E-state index contributed by atoms with van der Waals surface area (Å²) < 4.78 is 42.7. The summed E-state index contributed by atoms with van der Waals surface area (Å²) in [6, 6.07) is 12.2. The minimum Gasteiger partial charge on any atom is -0.459 e. The van der Waals surface area contributed by atoms with Crippen molar-refractivity contribution < 1.29 is 36.7 Å². The molecule has 0 atom stereocenters. The minimum absolute atomic E-state index is 0.0427. The Hall–Kier alpha value is -4.00. The fourth-order valence-electron chi connectivity index (χ4n) is 3.71. The molecule has 0 radical (unpaired) electrons. The highest BCUT2D eigenvalue weighted by atomic mass is 32.2. The number of anilines is 2. The Balaban J connectivity index is 1.38. The Bertz CT molecular complexity index is 1450. The van der Waals surface area contributed by atoms with Crippen LogP contribution in [0.4, 0.5) is 11.4 Å². The van der Waals surface area contributed by atoms with E-state index >= 15 is 0 Å². The zero-order chi connectivity index (χ0) is 27.3. The predicted octanol–water partition coefficient (Wildman–Crippen LogP) is 2.97. The van der Waals surface area contributed by atoms with Gasteiger partial charge in [0.15, 0.2) is 12.4 Å². The van der Waals surface area contributed by atoms with E-state index in [0.717, 1.165) is 0 Å². The highest BCUT2D eigenvalue weighted by Crippen LogP contribution is 2.24. The van der Waals surface area contributed by atoms with Crippen LogP contribution in [0.3, 0.4) is 0 Å². The van der Waals surface area contributed by atoms with E-state index in [1.807, 2.05) is 0 Å². The van der Waals surface area contributed by atoms with E-state index < -0.39 is 34.4 Å². The van der Waals surface area contributed by atoms with Crippen LogP contribution in [0.5, 0.6) is 0 Å². The molecule has 12 heteroatoms. The number of amides is 2. The van der Waals surface area contributed by atoms with E-state index in [1.54, 1.807) is 32.0 Å². The molecule has 1 saturated heterocycles. The van der Waals surface area contributed by atoms with Crippen molar-refractivity contribution in [3.05, 3.63) is 77.2 Å². The largest absolute Gasteiger partial charge is 0.459 e. The molecule has 2 amide bonds. The molecule has 1 aromatic heterocycles. The Morgan fingerprint density at radius 3 is 2.32 bits per heavy atom. The van der Waals surface area contributed by atoms with E-state index in [-0.39, 0.29) is 29.3 Å². The number of esters is 1. The van der Waals surface area contributed by atoms with Gasteiger partial charge in [0.25, 0.3) is 11.8 Å². The molecule has 2 heterocycles. The van der Waals surface area contributed by atoms with Crippen LogP contribution in [0.25, 0.3) is 0 Å². The van der Waals surface area contributed by atoms with Crippen LogP contribution >= 0.6 is 0 Å². The van der Waals surface area contributed by atoms with Crippen LogP contribution in [0.2, 0.25) is 0 Å². The van der Waals surface area contributed by atoms with Crippen molar-refractivity contribution in [1.82, 2.24) is 4.31 Å². The number of benzene rings is 2. The molecule has 3 aromatic rings. The Labute approximate surface area is 219 Å². The summed E-state index contributed by atoms with van der Waals surface area (Å²) in [7, 11) is -3.75. The Morgan fingerprint density at radius 1 is 0.947 bits per heavy atom. The number of rotatable bonds is 8. The summed E-state index contributed by atoms with van der Waals surface area (Å²) in [6.07, 6.45) is 1.38. The second-order valence-electron chi connectivity index (χ2n) is 8.58. The summed E-state index contributed by atoms with van der Waals surface area (Å²) in [4.78, 5) is 37.4. The van der Waals surface area contributed by atoms with Gasteiger partial charge in [0.2, 0.25) is 10.0 Å². The normalized spacial score (nSPS) is 14.1. The number of nitrogens with zero attached hydrogens (tertiary/aromatic N) is 1. The predicted molar refractivity (Wildman–Crippen MR) is 138 cm³/mol. The lowest BCUT2D eigenvalue weighted by molar-refractivity contribution is -0.119. The summed E-state index contributed by atoms with van der Waals surface area (Å²) in [5.41, 5.74) is 2.16. The van der Waals surface area contributed by atoms with Gasteiger partial charge in [-0.05, 0) is 61.4 Å². The lowest BCUT2D eigenvalue weighted by atomic mass is 10.1. The maximum absolute atomic E-state index is 13.0. The maximum Gasteiger partial charge on any atom is 0.338 e. The second-order valence-corrected chi connectivity index (χ2v) is 10.5. The summed E-state index contributed by atoms with van der Waals surface area (Å²) in [5.74, 6) is -1.77. The van der Waals surface area contributed by atoms with Crippen molar-refractivity contribution in [1.29, 1.82) is 0 Å². The van der Waals surface area contributed by atoms with Crippen LogP contribution in [0, 0.1) is 13.8 Å². The monoisotopic (exact) mass is 541 g/mol. The van der Waals surface area contributed by atoms with Gasteiger partial charge in [0.1, 0.15) is 0 Å². The molecular weight excluding hydrogens is 514 g/mol. The van der Waals surface area contributed by atoms with Crippen LogP contribution in [0.15, 0.2) is 64.1 Å². The van der Waals surface area contributed by atoms with E-state index in [0.29, 0.717) is 35.7 Å². The van der Waals surface area contributed by atoms with Crippen molar-refractivity contribution in [3.63, 3.8) is 0 Å². The second kappa shape index (κ2) is 11.6. The Kier molecular flexibility index (Phi) is 8.25. The number of sulfonamides is 1. The zero-order valence-corrected chi connectivity index (χ0v) is 21.7. The van der Waals surface area contributed by atoms with Crippen molar-refractivity contribution in [2.24, 2.45) is 0 Å². The number of carbonyl (C=O) groups is 3. The first-order valence-electron chi connectivity index (χ1n) is 11.8.